The van der Waals surface area contributed by atoms with Crippen LogP contribution >= 0.6 is 7.82 Å². The molecule has 0 aliphatic heterocycles. The zero-order valence-corrected chi connectivity index (χ0v) is 55.3. The van der Waals surface area contributed by atoms with Gasteiger partial charge in [-0.3, -0.25) is 14.2 Å². The third kappa shape index (κ3) is 62.8. The van der Waals surface area contributed by atoms with E-state index in [1.807, 2.05) is 33.3 Å². The SMILES string of the molecule is CC/C=C\C/C=C\C/C=C\C/C=C\C/C=C\CCCCCCCC(=O)OC(/C=C\CCCCCCCCCCC)C(COP(=O)([O-])OCC[N+](C)(C)C)NC(=O)CCCCCCCCCCC/C=C\C/C=C\C/C=C\C/C=C\CCCCC. The lowest BCUT2D eigenvalue weighted by atomic mass is 10.0. The lowest BCUT2D eigenvalue weighted by Crippen LogP contribution is -2.47. The fourth-order valence-electron chi connectivity index (χ4n) is 9.18. The summed E-state index contributed by atoms with van der Waals surface area (Å²) in [5.41, 5.74) is 0. The van der Waals surface area contributed by atoms with Crippen molar-refractivity contribution < 1.29 is 37.3 Å². The molecule has 0 spiro atoms. The molecule has 83 heavy (non-hydrogen) atoms. The van der Waals surface area contributed by atoms with Gasteiger partial charge in [0.05, 0.1) is 33.8 Å². The molecule has 0 aromatic carbocycles. The Labute approximate surface area is 512 Å². The molecule has 10 heteroatoms. The van der Waals surface area contributed by atoms with Gasteiger partial charge in [-0.25, -0.2) is 0 Å². The number of amides is 1. The van der Waals surface area contributed by atoms with Gasteiger partial charge in [-0.15, -0.1) is 0 Å². The molecule has 3 unspecified atom stereocenters. The van der Waals surface area contributed by atoms with E-state index < -0.39 is 26.6 Å². The number of carbonyl (C=O) groups is 2. The molecule has 0 saturated carbocycles. The first-order chi connectivity index (χ1) is 40.4. The van der Waals surface area contributed by atoms with E-state index in [1.165, 1.54) is 103 Å². The minimum Gasteiger partial charge on any atom is -0.756 e. The predicted molar refractivity (Wildman–Crippen MR) is 357 cm³/mol. The zero-order chi connectivity index (χ0) is 60.7. The largest absolute Gasteiger partial charge is 0.756 e. The molecule has 0 bridgehead atoms. The molecule has 0 aromatic rings. The van der Waals surface area contributed by atoms with Crippen molar-refractivity contribution in [1.82, 2.24) is 5.32 Å². The molecule has 0 rings (SSSR count). The summed E-state index contributed by atoms with van der Waals surface area (Å²) in [7, 11) is 1.15. The van der Waals surface area contributed by atoms with Crippen LogP contribution in [0.4, 0.5) is 0 Å². The number of phosphoric acid groups is 1. The summed E-state index contributed by atoms with van der Waals surface area (Å²) >= 11 is 0. The van der Waals surface area contributed by atoms with E-state index in [1.54, 1.807) is 0 Å². The predicted octanol–water partition coefficient (Wildman–Crippen LogP) is 20.8. The van der Waals surface area contributed by atoms with Gasteiger partial charge in [0.15, 0.2) is 0 Å². The summed E-state index contributed by atoms with van der Waals surface area (Å²) in [6.07, 6.45) is 86.0. The van der Waals surface area contributed by atoms with E-state index in [0.717, 1.165) is 135 Å². The van der Waals surface area contributed by atoms with Gasteiger partial charge in [0.25, 0.3) is 7.82 Å². The van der Waals surface area contributed by atoms with Crippen molar-refractivity contribution in [1.29, 1.82) is 0 Å². The van der Waals surface area contributed by atoms with Gasteiger partial charge in [-0.2, -0.15) is 0 Å². The van der Waals surface area contributed by atoms with Crippen LogP contribution in [0, 0.1) is 0 Å². The number of hydrogen-bond donors (Lipinski definition) is 1. The quantitative estimate of drug-likeness (QED) is 0.0212. The highest BCUT2D eigenvalue weighted by Crippen LogP contribution is 2.38. The Balaban J connectivity index is 5.15. The van der Waals surface area contributed by atoms with E-state index in [9.17, 15) is 19.0 Å². The number of ether oxygens (including phenoxy) is 1. The number of allylic oxidation sites excluding steroid dienone is 19. The van der Waals surface area contributed by atoms with Crippen LogP contribution in [0.5, 0.6) is 0 Å². The monoisotopic (exact) mass is 1170 g/mol. The minimum atomic E-state index is -4.72. The fraction of sp³-hybridized carbons (Fsp3) is 0.699. The number of unbranched alkanes of at least 4 members (excludes halogenated alkanes) is 26. The molecule has 0 aliphatic rings. The Kier molecular flexibility index (Phi) is 58.8. The minimum absolute atomic E-state index is 0.0332. The number of phosphoric ester groups is 1. The van der Waals surface area contributed by atoms with Gasteiger partial charge in [0.2, 0.25) is 5.91 Å². The fourth-order valence-corrected chi connectivity index (χ4v) is 9.90. The molecule has 0 aromatic heterocycles. The average molecular weight is 1180 g/mol. The Morgan fingerprint density at radius 2 is 0.771 bits per heavy atom. The molecule has 0 heterocycles. The molecule has 9 nitrogen and oxygen atoms in total. The number of likely N-dealkylation sites (N-methyl/N-ethyl adjacent to an activating group) is 1. The third-order valence-electron chi connectivity index (χ3n) is 14.4. The molecule has 0 saturated heterocycles. The van der Waals surface area contributed by atoms with E-state index in [0.29, 0.717) is 23.9 Å². The highest BCUT2D eigenvalue weighted by Gasteiger charge is 2.27. The number of quaternary nitrogens is 1. The summed E-state index contributed by atoms with van der Waals surface area (Å²) in [5, 5.41) is 3.03. The Morgan fingerprint density at radius 1 is 0.434 bits per heavy atom. The highest BCUT2D eigenvalue weighted by molar-refractivity contribution is 7.45. The summed E-state index contributed by atoms with van der Waals surface area (Å²) in [4.78, 5) is 40.1. The van der Waals surface area contributed by atoms with Gasteiger partial charge in [0.1, 0.15) is 19.3 Å². The lowest BCUT2D eigenvalue weighted by molar-refractivity contribution is -0.870. The summed E-state index contributed by atoms with van der Waals surface area (Å²) in [6, 6.07) is -0.909. The van der Waals surface area contributed by atoms with E-state index in [4.69, 9.17) is 13.8 Å². The number of rotatable bonds is 60. The topological polar surface area (TPSA) is 114 Å². The van der Waals surface area contributed by atoms with Crippen LogP contribution in [0.3, 0.4) is 0 Å². The normalized spacial score (nSPS) is 14.3. The summed E-state index contributed by atoms with van der Waals surface area (Å²) in [5.74, 6) is -0.575. The highest BCUT2D eigenvalue weighted by atomic mass is 31.2. The first kappa shape index (κ1) is 79.4. The standard InChI is InChI=1S/C73H127N2O7P/c1-7-10-13-16-19-22-25-27-29-31-33-35-36-37-38-40-41-43-45-47-50-53-56-59-62-65-72(76)74-70(69-81-83(78,79)80-68-67-75(4,5)6)71(64-61-58-55-52-49-24-21-18-15-12-9-3)82-73(77)66-63-60-57-54-51-48-46-44-42-39-34-32-30-28-26-23-20-17-14-11-8-2/h11,14,19-20,22-23,27-30,33-35,37-39,44,46,61,64,70-71H,7-10,12-13,15-18,21,24-26,31-32,36,40-43,45,47-60,62-63,65-69H2,1-6H3,(H-,74,76,78,79)/b14-11-,22-19-,23-20-,29-27-,30-28-,35-33-,38-37-,39-34-,46-44-,64-61-. The molecule has 0 fully saturated rings. The van der Waals surface area contributed by atoms with Crippen LogP contribution in [0.1, 0.15) is 278 Å². The number of nitrogens with one attached hydrogen (secondary N) is 1. The van der Waals surface area contributed by atoms with E-state index in [2.05, 4.69) is 135 Å². The third-order valence-corrected chi connectivity index (χ3v) is 15.3. The first-order valence-electron chi connectivity index (χ1n) is 33.8. The molecular weight excluding hydrogens is 1050 g/mol. The maximum absolute atomic E-state index is 13.6. The first-order valence-corrected chi connectivity index (χ1v) is 35.3. The number of esters is 1. The number of carbonyl (C=O) groups excluding carboxylic acids is 2. The maximum Gasteiger partial charge on any atom is 0.306 e. The second-order valence-electron chi connectivity index (χ2n) is 23.6. The van der Waals surface area contributed by atoms with Crippen molar-refractivity contribution in [2.75, 3.05) is 40.9 Å². The van der Waals surface area contributed by atoms with Crippen molar-refractivity contribution >= 4 is 19.7 Å². The van der Waals surface area contributed by atoms with E-state index in [-0.39, 0.29) is 24.9 Å². The van der Waals surface area contributed by atoms with Crippen molar-refractivity contribution in [3.8, 4) is 0 Å². The molecular formula is C73H127N2O7P. The molecule has 3 atom stereocenters. The van der Waals surface area contributed by atoms with Crippen LogP contribution in [-0.4, -0.2) is 69.4 Å². The summed E-state index contributed by atoms with van der Waals surface area (Å²) < 4.78 is 30.4. The van der Waals surface area contributed by atoms with Crippen LogP contribution < -0.4 is 10.2 Å². The molecule has 1 N–H and O–H groups in total. The lowest BCUT2D eigenvalue weighted by Gasteiger charge is -2.30. The molecule has 0 aliphatic carbocycles. The van der Waals surface area contributed by atoms with Gasteiger partial charge in [-0.1, -0.05) is 265 Å². The Morgan fingerprint density at radius 3 is 1.18 bits per heavy atom. The van der Waals surface area contributed by atoms with Gasteiger partial charge >= 0.3 is 5.97 Å². The van der Waals surface area contributed by atoms with Crippen LogP contribution in [0.2, 0.25) is 0 Å². The van der Waals surface area contributed by atoms with Crippen molar-refractivity contribution in [3.05, 3.63) is 122 Å². The molecule has 0 radical (unpaired) electrons. The van der Waals surface area contributed by atoms with Gasteiger partial charge < -0.3 is 28.5 Å². The van der Waals surface area contributed by atoms with Crippen LogP contribution in [0.25, 0.3) is 0 Å². The number of nitrogens with zero attached hydrogens (tertiary/aromatic N) is 1. The maximum atomic E-state index is 13.6. The second-order valence-corrected chi connectivity index (χ2v) is 25.0. The smallest absolute Gasteiger partial charge is 0.306 e. The number of hydrogen-bond acceptors (Lipinski definition) is 7. The molecule has 476 valence electrons. The zero-order valence-electron chi connectivity index (χ0n) is 54.4. The van der Waals surface area contributed by atoms with Crippen LogP contribution in [0.15, 0.2) is 122 Å². The second kappa shape index (κ2) is 61.5. The van der Waals surface area contributed by atoms with Gasteiger partial charge in [0, 0.05) is 12.8 Å². The Hall–Kier alpha value is -3.59. The van der Waals surface area contributed by atoms with Crippen molar-refractivity contribution in [2.45, 2.75) is 290 Å². The van der Waals surface area contributed by atoms with Gasteiger partial charge in [-0.05, 0) is 122 Å². The average Bonchev–Trinajstić information content (AvgIpc) is 3.51. The molecule has 1 amide bonds. The van der Waals surface area contributed by atoms with Crippen molar-refractivity contribution in [3.63, 3.8) is 0 Å². The van der Waals surface area contributed by atoms with Crippen LogP contribution in [-0.2, 0) is 27.9 Å². The Bertz CT molecular complexity index is 1830. The summed E-state index contributed by atoms with van der Waals surface area (Å²) in [6.45, 7) is 6.68. The van der Waals surface area contributed by atoms with Crippen molar-refractivity contribution in [2.24, 2.45) is 0 Å². The van der Waals surface area contributed by atoms with E-state index >= 15 is 0 Å².